The summed E-state index contributed by atoms with van der Waals surface area (Å²) >= 11 is 0. The van der Waals surface area contributed by atoms with Crippen LogP contribution in [0.25, 0.3) is 11.3 Å². The summed E-state index contributed by atoms with van der Waals surface area (Å²) in [7, 11) is 0. The summed E-state index contributed by atoms with van der Waals surface area (Å²) in [6.07, 6.45) is 4.24. The van der Waals surface area contributed by atoms with Gasteiger partial charge in [-0.1, -0.05) is 0 Å². The third-order valence-corrected chi connectivity index (χ3v) is 3.38. The fraction of sp³-hybridized carbons (Fsp3) is 0.667. The van der Waals surface area contributed by atoms with Crippen LogP contribution in [-0.4, -0.2) is 51.6 Å². The Hall–Kier alpha value is -1.96. The van der Waals surface area contributed by atoms with Gasteiger partial charge in [0.05, 0.1) is 0 Å². The van der Waals surface area contributed by atoms with Gasteiger partial charge in [-0.3, -0.25) is 0 Å². The van der Waals surface area contributed by atoms with Gasteiger partial charge in [-0.2, -0.15) is 0 Å². The van der Waals surface area contributed by atoms with E-state index in [1.54, 1.807) is 0 Å². The van der Waals surface area contributed by atoms with Crippen LogP contribution in [0.15, 0.2) is 4.63 Å². The first-order valence-electron chi connectivity index (χ1n) is 6.98. The van der Waals surface area contributed by atoms with E-state index in [0.717, 1.165) is 31.7 Å². The Bertz CT molecular complexity index is 566. The monoisotopic (exact) mass is 278 g/mol. The van der Waals surface area contributed by atoms with Crippen LogP contribution in [-0.2, 0) is 0 Å². The van der Waals surface area contributed by atoms with Gasteiger partial charge in [-0.25, -0.2) is 14.6 Å². The highest BCUT2D eigenvalue weighted by molar-refractivity contribution is 5.74. The number of aliphatic hydroxyl groups excluding tert-OH is 1. The Morgan fingerprint density at radius 2 is 1.85 bits per heavy atom. The first-order valence-corrected chi connectivity index (χ1v) is 6.98. The maximum absolute atomic E-state index is 8.88. The first kappa shape index (κ1) is 13.0. The van der Waals surface area contributed by atoms with Crippen molar-refractivity contribution in [1.82, 2.24) is 20.3 Å². The zero-order valence-electron chi connectivity index (χ0n) is 11.2. The topological polar surface area (TPSA) is 100 Å². The lowest BCUT2D eigenvalue weighted by Gasteiger charge is -2.28. The second kappa shape index (κ2) is 6.00. The number of hydrogen-bond acceptors (Lipinski definition) is 8. The van der Waals surface area contributed by atoms with E-state index in [2.05, 4.69) is 35.1 Å². The highest BCUT2D eigenvalue weighted by Crippen LogP contribution is 2.26. The molecule has 2 N–H and O–H groups in total. The quantitative estimate of drug-likeness (QED) is 0.774. The van der Waals surface area contributed by atoms with Gasteiger partial charge in [0.25, 0.3) is 0 Å². The molecule has 20 heavy (non-hydrogen) atoms. The van der Waals surface area contributed by atoms with E-state index in [0.29, 0.717) is 30.1 Å². The molecule has 0 radical (unpaired) electrons. The number of hydrogen-bond donors (Lipinski definition) is 2. The van der Waals surface area contributed by atoms with Crippen LogP contribution >= 0.6 is 0 Å². The minimum Gasteiger partial charge on any atom is -0.396 e. The lowest BCUT2D eigenvalue weighted by molar-refractivity contribution is 0.292. The number of anilines is 2. The SMILES string of the molecule is OCCCNc1nc2nonc2nc1N1CCCCC1. The van der Waals surface area contributed by atoms with Gasteiger partial charge in [0.2, 0.25) is 11.3 Å². The normalized spacial score (nSPS) is 15.8. The molecule has 1 aliphatic heterocycles. The molecule has 8 nitrogen and oxygen atoms in total. The standard InChI is InChI=1S/C12H18N6O2/c19-8-4-5-13-11-12(18-6-2-1-3-7-18)15-10-9(14-11)16-20-17-10/h19H,1-8H2,(H,13,14,16). The molecule has 0 aliphatic carbocycles. The van der Waals surface area contributed by atoms with Crippen LogP contribution in [0.1, 0.15) is 25.7 Å². The van der Waals surface area contributed by atoms with Crippen LogP contribution in [0.4, 0.5) is 11.6 Å². The molecule has 0 unspecified atom stereocenters. The molecule has 0 atom stereocenters. The molecule has 108 valence electrons. The summed E-state index contributed by atoms with van der Waals surface area (Å²) in [6, 6.07) is 0. The van der Waals surface area contributed by atoms with Gasteiger partial charge in [-0.15, -0.1) is 0 Å². The van der Waals surface area contributed by atoms with E-state index in [1.165, 1.54) is 6.42 Å². The van der Waals surface area contributed by atoms with Crippen LogP contribution < -0.4 is 10.2 Å². The molecule has 2 aromatic rings. The van der Waals surface area contributed by atoms with Crippen molar-refractivity contribution in [3.05, 3.63) is 0 Å². The fourth-order valence-electron chi connectivity index (χ4n) is 2.36. The predicted molar refractivity (Wildman–Crippen MR) is 73.7 cm³/mol. The van der Waals surface area contributed by atoms with Crippen molar-refractivity contribution in [3.8, 4) is 0 Å². The number of nitrogens with one attached hydrogen (secondary N) is 1. The van der Waals surface area contributed by atoms with Gasteiger partial charge < -0.3 is 15.3 Å². The third-order valence-electron chi connectivity index (χ3n) is 3.38. The molecular formula is C12H18N6O2. The van der Waals surface area contributed by atoms with Gasteiger partial charge in [0.1, 0.15) is 0 Å². The van der Waals surface area contributed by atoms with Crippen molar-refractivity contribution in [1.29, 1.82) is 0 Å². The average molecular weight is 278 g/mol. The van der Waals surface area contributed by atoms with E-state index in [-0.39, 0.29) is 6.61 Å². The first-order chi connectivity index (χ1) is 9.88. The predicted octanol–water partition coefficient (Wildman–Crippen LogP) is 0.797. The van der Waals surface area contributed by atoms with Crippen molar-refractivity contribution >= 4 is 22.9 Å². The number of rotatable bonds is 5. The molecule has 0 amide bonds. The zero-order chi connectivity index (χ0) is 13.8. The molecular weight excluding hydrogens is 260 g/mol. The molecule has 0 saturated carbocycles. The highest BCUT2D eigenvalue weighted by Gasteiger charge is 2.19. The summed E-state index contributed by atoms with van der Waals surface area (Å²) in [5.41, 5.74) is 0.829. The van der Waals surface area contributed by atoms with Gasteiger partial charge in [-0.05, 0) is 36.0 Å². The van der Waals surface area contributed by atoms with Crippen molar-refractivity contribution in [3.63, 3.8) is 0 Å². The Labute approximate surface area is 116 Å². The average Bonchev–Trinajstić information content (AvgIpc) is 2.95. The fourth-order valence-corrected chi connectivity index (χ4v) is 2.36. The van der Waals surface area contributed by atoms with E-state index in [1.807, 2.05) is 0 Å². The Morgan fingerprint density at radius 3 is 2.60 bits per heavy atom. The summed E-state index contributed by atoms with van der Waals surface area (Å²) in [4.78, 5) is 11.1. The van der Waals surface area contributed by atoms with Crippen LogP contribution in [0.5, 0.6) is 0 Å². The molecule has 1 fully saturated rings. The van der Waals surface area contributed by atoms with Crippen molar-refractivity contribution < 1.29 is 9.74 Å². The van der Waals surface area contributed by atoms with Gasteiger partial charge in [0.15, 0.2) is 11.6 Å². The van der Waals surface area contributed by atoms with Gasteiger partial charge >= 0.3 is 0 Å². The maximum atomic E-state index is 8.88. The summed E-state index contributed by atoms with van der Waals surface area (Å²) in [5, 5.41) is 19.6. The maximum Gasteiger partial charge on any atom is 0.245 e. The molecule has 3 heterocycles. The molecule has 0 spiro atoms. The number of nitrogens with zero attached hydrogens (tertiary/aromatic N) is 5. The molecule has 1 saturated heterocycles. The minimum absolute atomic E-state index is 0.146. The van der Waals surface area contributed by atoms with Crippen molar-refractivity contribution in [2.75, 3.05) is 36.5 Å². The number of fused-ring (bicyclic) bond motifs is 1. The Kier molecular flexibility index (Phi) is 3.91. The highest BCUT2D eigenvalue weighted by atomic mass is 16.6. The largest absolute Gasteiger partial charge is 0.396 e. The smallest absolute Gasteiger partial charge is 0.245 e. The lowest BCUT2D eigenvalue weighted by Crippen LogP contribution is -2.31. The van der Waals surface area contributed by atoms with Crippen LogP contribution in [0, 0.1) is 0 Å². The van der Waals surface area contributed by atoms with Gasteiger partial charge in [0, 0.05) is 26.2 Å². The molecule has 3 rings (SSSR count). The summed E-state index contributed by atoms with van der Waals surface area (Å²) < 4.78 is 4.68. The second-order valence-corrected chi connectivity index (χ2v) is 4.86. The number of aliphatic hydroxyl groups is 1. The number of aromatic nitrogens is 4. The minimum atomic E-state index is 0.146. The molecule has 8 heteroatoms. The number of piperidine rings is 1. The Balaban J connectivity index is 1.90. The van der Waals surface area contributed by atoms with E-state index < -0.39 is 0 Å². The lowest BCUT2D eigenvalue weighted by atomic mass is 10.1. The van der Waals surface area contributed by atoms with Crippen LogP contribution in [0.3, 0.4) is 0 Å². The molecule has 0 bridgehead atoms. The molecule has 2 aromatic heterocycles. The Morgan fingerprint density at radius 1 is 1.10 bits per heavy atom. The second-order valence-electron chi connectivity index (χ2n) is 4.86. The van der Waals surface area contributed by atoms with E-state index in [4.69, 9.17) is 5.11 Å². The zero-order valence-corrected chi connectivity index (χ0v) is 11.2. The summed E-state index contributed by atoms with van der Waals surface area (Å²) in [6.45, 7) is 2.73. The molecule has 0 aromatic carbocycles. The molecule has 1 aliphatic rings. The van der Waals surface area contributed by atoms with E-state index >= 15 is 0 Å². The summed E-state index contributed by atoms with van der Waals surface area (Å²) in [5.74, 6) is 1.48. The third kappa shape index (κ3) is 2.64. The van der Waals surface area contributed by atoms with Crippen molar-refractivity contribution in [2.24, 2.45) is 0 Å². The van der Waals surface area contributed by atoms with Crippen LogP contribution in [0.2, 0.25) is 0 Å². The van der Waals surface area contributed by atoms with E-state index in [9.17, 15) is 0 Å². The van der Waals surface area contributed by atoms with Crippen molar-refractivity contribution in [2.45, 2.75) is 25.7 Å².